The molecule has 4 nitrogen and oxygen atoms in total. The maximum absolute atomic E-state index is 11.9. The second-order valence-corrected chi connectivity index (χ2v) is 5.56. The molecule has 0 bridgehead atoms. The van der Waals surface area contributed by atoms with Gasteiger partial charge in [0.05, 0.1) is 13.0 Å². The van der Waals surface area contributed by atoms with E-state index >= 15 is 0 Å². The smallest absolute Gasteiger partial charge is 0.227 e. The predicted molar refractivity (Wildman–Crippen MR) is 91.9 cm³/mol. The molecule has 0 aliphatic heterocycles. The first kappa shape index (κ1) is 17.0. The van der Waals surface area contributed by atoms with Crippen molar-refractivity contribution in [3.8, 4) is 5.75 Å². The molecule has 23 heavy (non-hydrogen) atoms. The number of aryl methyl sites for hydroxylation is 2. The summed E-state index contributed by atoms with van der Waals surface area (Å²) in [5.41, 5.74) is 4.20. The summed E-state index contributed by atoms with van der Waals surface area (Å²) < 4.78 is 5.61. The zero-order valence-corrected chi connectivity index (χ0v) is 13.6. The van der Waals surface area contributed by atoms with E-state index in [1.54, 1.807) is 0 Å². The zero-order valence-electron chi connectivity index (χ0n) is 13.6. The van der Waals surface area contributed by atoms with Crippen LogP contribution in [0.25, 0.3) is 0 Å². The highest BCUT2D eigenvalue weighted by Gasteiger charge is 2.04. The Hall–Kier alpha value is -2.33. The van der Waals surface area contributed by atoms with Crippen LogP contribution in [0, 0.1) is 13.8 Å². The van der Waals surface area contributed by atoms with Gasteiger partial charge in [-0.15, -0.1) is 0 Å². The largest absolute Gasteiger partial charge is 0.493 e. The number of carbonyl (C=O) groups is 1. The van der Waals surface area contributed by atoms with Crippen molar-refractivity contribution in [3.63, 3.8) is 0 Å². The van der Waals surface area contributed by atoms with Gasteiger partial charge in [0.2, 0.25) is 5.91 Å². The Kier molecular flexibility index (Phi) is 6.18. The van der Waals surface area contributed by atoms with Crippen molar-refractivity contribution >= 4 is 11.6 Å². The number of benzene rings is 2. The summed E-state index contributed by atoms with van der Waals surface area (Å²) in [7, 11) is 0. The molecule has 0 fully saturated rings. The molecule has 2 rings (SSSR count). The molecule has 122 valence electrons. The van der Waals surface area contributed by atoms with Crippen molar-refractivity contribution in [3.05, 3.63) is 59.2 Å². The van der Waals surface area contributed by atoms with Crippen molar-refractivity contribution in [2.24, 2.45) is 0 Å². The van der Waals surface area contributed by atoms with Gasteiger partial charge in [0, 0.05) is 12.3 Å². The van der Waals surface area contributed by atoms with Gasteiger partial charge in [-0.3, -0.25) is 4.79 Å². The molecule has 0 atom stereocenters. The van der Waals surface area contributed by atoms with Gasteiger partial charge < -0.3 is 15.2 Å². The fourth-order valence-corrected chi connectivity index (χ4v) is 2.17. The topological polar surface area (TPSA) is 58.6 Å². The first-order valence-corrected chi connectivity index (χ1v) is 7.78. The molecule has 1 amide bonds. The highest BCUT2D eigenvalue weighted by atomic mass is 16.5. The molecule has 0 spiro atoms. The van der Waals surface area contributed by atoms with Crippen molar-refractivity contribution in [1.82, 2.24) is 0 Å². The molecule has 0 unspecified atom stereocenters. The number of aliphatic hydroxyl groups excluding tert-OH is 1. The van der Waals surface area contributed by atoms with Crippen molar-refractivity contribution in [2.75, 3.05) is 18.5 Å². The summed E-state index contributed by atoms with van der Waals surface area (Å²) in [6, 6.07) is 13.4. The molecule has 0 aliphatic carbocycles. The average Bonchev–Trinajstić information content (AvgIpc) is 2.53. The van der Waals surface area contributed by atoms with Crippen LogP contribution in [-0.4, -0.2) is 24.2 Å². The summed E-state index contributed by atoms with van der Waals surface area (Å²) in [6.45, 7) is 4.56. The van der Waals surface area contributed by atoms with E-state index in [2.05, 4.69) is 12.2 Å². The van der Waals surface area contributed by atoms with Crippen LogP contribution in [0.3, 0.4) is 0 Å². The molecule has 0 saturated carbocycles. The minimum absolute atomic E-state index is 0.0799. The van der Waals surface area contributed by atoms with Crippen LogP contribution < -0.4 is 10.1 Å². The quantitative estimate of drug-likeness (QED) is 0.825. The number of aliphatic hydroxyl groups is 1. The summed E-state index contributed by atoms with van der Waals surface area (Å²) in [5.74, 6) is 0.706. The van der Waals surface area contributed by atoms with Crippen molar-refractivity contribution in [1.29, 1.82) is 0 Å². The van der Waals surface area contributed by atoms with Gasteiger partial charge in [0.25, 0.3) is 0 Å². The lowest BCUT2D eigenvalue weighted by atomic mass is 10.1. The maximum Gasteiger partial charge on any atom is 0.227 e. The maximum atomic E-state index is 11.9. The Morgan fingerprint density at radius 1 is 1.09 bits per heavy atom. The van der Waals surface area contributed by atoms with Crippen molar-refractivity contribution < 1.29 is 14.6 Å². The Bertz CT molecular complexity index is 650. The van der Waals surface area contributed by atoms with Gasteiger partial charge in [-0.2, -0.15) is 0 Å². The van der Waals surface area contributed by atoms with Crippen molar-refractivity contribution in [2.45, 2.75) is 26.7 Å². The third-order valence-electron chi connectivity index (χ3n) is 3.71. The molecule has 0 saturated heterocycles. The van der Waals surface area contributed by atoms with Gasteiger partial charge in [-0.1, -0.05) is 18.2 Å². The van der Waals surface area contributed by atoms with Crippen LogP contribution >= 0.6 is 0 Å². The number of anilines is 1. The lowest BCUT2D eigenvalue weighted by Gasteiger charge is -2.09. The fraction of sp³-hybridized carbons (Fsp3) is 0.316. The van der Waals surface area contributed by atoms with Crippen LogP contribution in [0.1, 0.15) is 23.1 Å². The van der Waals surface area contributed by atoms with Crippen LogP contribution in [0.5, 0.6) is 5.75 Å². The standard InChI is InChI=1S/C19H23NO3/c1-14-3-8-18(13-15(14)2)23-12-10-19(22)20-17-6-4-16(5-7-17)9-11-21/h3-8,13,21H,9-12H2,1-2H3,(H,20,22). The van der Waals surface area contributed by atoms with Crippen LogP contribution in [-0.2, 0) is 11.2 Å². The first-order valence-electron chi connectivity index (χ1n) is 7.78. The van der Waals surface area contributed by atoms with E-state index in [1.165, 1.54) is 11.1 Å². The molecular formula is C19H23NO3. The SMILES string of the molecule is Cc1ccc(OCCC(=O)Nc2ccc(CCO)cc2)cc1C. The van der Waals surface area contributed by atoms with Gasteiger partial charge in [0.15, 0.2) is 0 Å². The lowest BCUT2D eigenvalue weighted by Crippen LogP contribution is -2.15. The third-order valence-corrected chi connectivity index (χ3v) is 3.71. The van der Waals surface area contributed by atoms with E-state index in [1.807, 2.05) is 49.4 Å². The highest BCUT2D eigenvalue weighted by Crippen LogP contribution is 2.16. The second-order valence-electron chi connectivity index (χ2n) is 5.56. The Labute approximate surface area is 137 Å². The van der Waals surface area contributed by atoms with Gasteiger partial charge >= 0.3 is 0 Å². The fourth-order valence-electron chi connectivity index (χ4n) is 2.17. The number of amides is 1. The number of hydrogen-bond acceptors (Lipinski definition) is 3. The summed E-state index contributed by atoms with van der Waals surface area (Å²) in [4.78, 5) is 11.9. The number of carbonyl (C=O) groups excluding carboxylic acids is 1. The van der Waals surface area contributed by atoms with E-state index in [-0.39, 0.29) is 12.5 Å². The molecule has 2 aromatic rings. The van der Waals surface area contributed by atoms with Gasteiger partial charge in [-0.25, -0.2) is 0 Å². The third kappa shape index (κ3) is 5.42. The van der Waals surface area contributed by atoms with Gasteiger partial charge in [-0.05, 0) is 61.2 Å². The number of nitrogens with one attached hydrogen (secondary N) is 1. The molecule has 2 aromatic carbocycles. The molecular weight excluding hydrogens is 290 g/mol. The second kappa shape index (κ2) is 8.34. The Balaban J connectivity index is 1.77. The van der Waals surface area contributed by atoms with E-state index in [4.69, 9.17) is 9.84 Å². The summed E-state index contributed by atoms with van der Waals surface area (Å²) in [6.07, 6.45) is 0.920. The van der Waals surface area contributed by atoms with E-state index in [0.29, 0.717) is 19.4 Å². The molecule has 0 aromatic heterocycles. The minimum Gasteiger partial charge on any atom is -0.493 e. The molecule has 0 radical (unpaired) electrons. The minimum atomic E-state index is -0.0799. The normalized spacial score (nSPS) is 10.4. The highest BCUT2D eigenvalue weighted by molar-refractivity contribution is 5.90. The number of rotatable bonds is 7. The average molecular weight is 313 g/mol. The van der Waals surface area contributed by atoms with E-state index in [0.717, 1.165) is 17.0 Å². The summed E-state index contributed by atoms with van der Waals surface area (Å²) >= 11 is 0. The molecule has 0 aliphatic rings. The Morgan fingerprint density at radius 3 is 2.48 bits per heavy atom. The van der Waals surface area contributed by atoms with E-state index in [9.17, 15) is 4.79 Å². The zero-order chi connectivity index (χ0) is 16.7. The Morgan fingerprint density at radius 2 is 1.83 bits per heavy atom. The summed E-state index contributed by atoms with van der Waals surface area (Å²) in [5, 5.41) is 11.7. The lowest BCUT2D eigenvalue weighted by molar-refractivity contribution is -0.116. The van der Waals surface area contributed by atoms with Crippen LogP contribution in [0.2, 0.25) is 0 Å². The predicted octanol–water partition coefficient (Wildman–Crippen LogP) is 3.25. The number of ether oxygens (including phenoxy) is 1. The van der Waals surface area contributed by atoms with E-state index < -0.39 is 0 Å². The molecule has 0 heterocycles. The van der Waals surface area contributed by atoms with Crippen LogP contribution in [0.15, 0.2) is 42.5 Å². The molecule has 4 heteroatoms. The number of hydrogen-bond donors (Lipinski definition) is 2. The van der Waals surface area contributed by atoms with Gasteiger partial charge in [0.1, 0.15) is 5.75 Å². The molecule has 2 N–H and O–H groups in total. The monoisotopic (exact) mass is 313 g/mol. The van der Waals surface area contributed by atoms with Crippen LogP contribution in [0.4, 0.5) is 5.69 Å². The first-order chi connectivity index (χ1) is 11.1.